The van der Waals surface area contributed by atoms with Crippen LogP contribution in [0.4, 0.5) is 0 Å². The number of nitrogens with zero attached hydrogens (tertiary/aromatic N) is 1. The Morgan fingerprint density at radius 1 is 1.37 bits per heavy atom. The first-order valence-electron chi connectivity index (χ1n) is 5.93. The van der Waals surface area contributed by atoms with Crippen LogP contribution in [0.3, 0.4) is 0 Å². The van der Waals surface area contributed by atoms with E-state index in [0.29, 0.717) is 5.56 Å². The number of hydrogen-bond acceptors (Lipinski definition) is 3. The summed E-state index contributed by atoms with van der Waals surface area (Å²) in [6.45, 7) is 7.24. The van der Waals surface area contributed by atoms with E-state index in [1.165, 1.54) is 18.5 Å². The van der Waals surface area contributed by atoms with Gasteiger partial charge in [0, 0.05) is 17.9 Å². The SMILES string of the molecule is CC(NC(=O)c1ccncc1Cl)C(=O)NC(C)(C)C. The molecule has 1 rings (SSSR count). The summed E-state index contributed by atoms with van der Waals surface area (Å²) in [5.41, 5.74) is -0.0447. The molecule has 1 aromatic rings. The van der Waals surface area contributed by atoms with Crippen LogP contribution in [0.15, 0.2) is 18.5 Å². The van der Waals surface area contributed by atoms with Crippen molar-refractivity contribution in [3.05, 3.63) is 29.0 Å². The number of carbonyl (C=O) groups is 2. The van der Waals surface area contributed by atoms with Crippen molar-refractivity contribution in [3.63, 3.8) is 0 Å². The zero-order chi connectivity index (χ0) is 14.6. The molecule has 1 atom stereocenters. The third kappa shape index (κ3) is 4.87. The number of nitrogens with one attached hydrogen (secondary N) is 2. The average molecular weight is 284 g/mol. The summed E-state index contributed by atoms with van der Waals surface area (Å²) in [5.74, 6) is -0.644. The molecule has 0 saturated heterocycles. The maximum atomic E-state index is 11.9. The van der Waals surface area contributed by atoms with Crippen molar-refractivity contribution in [2.45, 2.75) is 39.3 Å². The van der Waals surface area contributed by atoms with E-state index in [9.17, 15) is 9.59 Å². The molecule has 1 unspecified atom stereocenters. The lowest BCUT2D eigenvalue weighted by molar-refractivity contribution is -0.124. The summed E-state index contributed by atoms with van der Waals surface area (Å²) in [7, 11) is 0. The lowest BCUT2D eigenvalue weighted by Gasteiger charge is -2.23. The van der Waals surface area contributed by atoms with E-state index >= 15 is 0 Å². The molecular formula is C13H18ClN3O2. The Morgan fingerprint density at radius 3 is 2.53 bits per heavy atom. The van der Waals surface area contributed by atoms with Crippen molar-refractivity contribution in [1.29, 1.82) is 0 Å². The first-order chi connectivity index (χ1) is 8.70. The Labute approximate surface area is 117 Å². The van der Waals surface area contributed by atoms with Crippen molar-refractivity contribution in [1.82, 2.24) is 15.6 Å². The zero-order valence-corrected chi connectivity index (χ0v) is 12.2. The van der Waals surface area contributed by atoms with Crippen LogP contribution in [-0.2, 0) is 4.79 Å². The van der Waals surface area contributed by atoms with Gasteiger partial charge in [-0.2, -0.15) is 0 Å². The first-order valence-corrected chi connectivity index (χ1v) is 6.31. The van der Waals surface area contributed by atoms with Crippen molar-refractivity contribution < 1.29 is 9.59 Å². The lowest BCUT2D eigenvalue weighted by atomic mass is 10.1. The summed E-state index contributed by atoms with van der Waals surface area (Å²) in [6.07, 6.45) is 2.86. The highest BCUT2D eigenvalue weighted by Crippen LogP contribution is 2.13. The fourth-order valence-corrected chi connectivity index (χ4v) is 1.58. The number of hydrogen-bond donors (Lipinski definition) is 2. The number of aromatic nitrogens is 1. The molecule has 2 amide bonds. The van der Waals surface area contributed by atoms with Gasteiger partial charge in [-0.05, 0) is 33.8 Å². The fraction of sp³-hybridized carbons (Fsp3) is 0.462. The van der Waals surface area contributed by atoms with Gasteiger partial charge in [0.15, 0.2) is 0 Å². The Morgan fingerprint density at radius 2 is 2.00 bits per heavy atom. The van der Waals surface area contributed by atoms with Gasteiger partial charge in [0.1, 0.15) is 6.04 Å². The standard InChI is InChI=1S/C13H18ClN3O2/c1-8(11(18)17-13(2,3)4)16-12(19)9-5-6-15-7-10(9)14/h5-8H,1-4H3,(H,16,19)(H,17,18). The summed E-state index contributed by atoms with van der Waals surface area (Å²) in [5, 5.41) is 5.64. The molecule has 0 bridgehead atoms. The number of amides is 2. The highest BCUT2D eigenvalue weighted by Gasteiger charge is 2.21. The molecule has 19 heavy (non-hydrogen) atoms. The maximum Gasteiger partial charge on any atom is 0.253 e. The monoisotopic (exact) mass is 283 g/mol. The van der Waals surface area contributed by atoms with E-state index in [1.807, 2.05) is 20.8 Å². The van der Waals surface area contributed by atoms with E-state index in [4.69, 9.17) is 11.6 Å². The quantitative estimate of drug-likeness (QED) is 0.888. The topological polar surface area (TPSA) is 71.1 Å². The second kappa shape index (κ2) is 6.02. The third-order valence-electron chi connectivity index (χ3n) is 2.26. The Hall–Kier alpha value is -1.62. The van der Waals surface area contributed by atoms with Crippen molar-refractivity contribution in [3.8, 4) is 0 Å². The number of halogens is 1. The first kappa shape index (κ1) is 15.4. The van der Waals surface area contributed by atoms with Crippen LogP contribution in [-0.4, -0.2) is 28.4 Å². The second-order valence-electron chi connectivity index (χ2n) is 5.29. The van der Waals surface area contributed by atoms with E-state index in [-0.39, 0.29) is 16.5 Å². The summed E-state index contributed by atoms with van der Waals surface area (Å²) >= 11 is 5.86. The highest BCUT2D eigenvalue weighted by molar-refractivity contribution is 6.33. The molecule has 0 aliphatic heterocycles. The normalized spacial score (nSPS) is 12.7. The minimum absolute atomic E-state index is 0.244. The van der Waals surface area contributed by atoms with E-state index in [0.717, 1.165) is 0 Å². The molecule has 6 heteroatoms. The second-order valence-corrected chi connectivity index (χ2v) is 5.70. The molecule has 104 valence electrons. The summed E-state index contributed by atoms with van der Waals surface area (Å²) in [4.78, 5) is 27.6. The molecule has 0 aliphatic carbocycles. The van der Waals surface area contributed by atoms with Crippen LogP contribution < -0.4 is 10.6 Å². The number of rotatable bonds is 3. The highest BCUT2D eigenvalue weighted by atomic mass is 35.5. The smallest absolute Gasteiger partial charge is 0.253 e. The van der Waals surface area contributed by atoms with Crippen molar-refractivity contribution in [2.24, 2.45) is 0 Å². The van der Waals surface area contributed by atoms with E-state index in [1.54, 1.807) is 6.92 Å². The van der Waals surface area contributed by atoms with Crippen LogP contribution in [0.2, 0.25) is 5.02 Å². The Bertz CT molecular complexity index is 483. The largest absolute Gasteiger partial charge is 0.350 e. The lowest BCUT2D eigenvalue weighted by Crippen LogP contribution is -2.50. The summed E-state index contributed by atoms with van der Waals surface area (Å²) in [6, 6.07) is 0.863. The molecule has 0 radical (unpaired) electrons. The van der Waals surface area contributed by atoms with Gasteiger partial charge in [-0.1, -0.05) is 11.6 Å². The van der Waals surface area contributed by atoms with Crippen molar-refractivity contribution in [2.75, 3.05) is 0 Å². The van der Waals surface area contributed by atoms with Crippen molar-refractivity contribution >= 4 is 23.4 Å². The molecule has 0 aliphatic rings. The minimum atomic E-state index is -0.643. The van der Waals surface area contributed by atoms with Gasteiger partial charge in [0.2, 0.25) is 5.91 Å². The van der Waals surface area contributed by atoms with Gasteiger partial charge in [0.05, 0.1) is 10.6 Å². The predicted molar refractivity (Wildman–Crippen MR) is 74.1 cm³/mol. The zero-order valence-electron chi connectivity index (χ0n) is 11.5. The molecule has 0 saturated carbocycles. The number of carbonyl (C=O) groups excluding carboxylic acids is 2. The predicted octanol–water partition coefficient (Wildman–Crippen LogP) is 1.77. The Balaban J connectivity index is 2.67. The van der Waals surface area contributed by atoms with Crippen LogP contribution >= 0.6 is 11.6 Å². The number of pyridine rings is 1. The minimum Gasteiger partial charge on any atom is -0.350 e. The average Bonchev–Trinajstić information content (AvgIpc) is 2.27. The Kier molecular flexibility index (Phi) is 4.89. The molecule has 0 aromatic carbocycles. The molecular weight excluding hydrogens is 266 g/mol. The molecule has 1 heterocycles. The van der Waals surface area contributed by atoms with Crippen LogP contribution in [0.1, 0.15) is 38.1 Å². The van der Waals surface area contributed by atoms with Gasteiger partial charge < -0.3 is 10.6 Å². The van der Waals surface area contributed by atoms with Gasteiger partial charge in [-0.3, -0.25) is 14.6 Å². The maximum absolute atomic E-state index is 11.9. The van der Waals surface area contributed by atoms with Crippen LogP contribution in [0.5, 0.6) is 0 Å². The summed E-state index contributed by atoms with van der Waals surface area (Å²) < 4.78 is 0. The molecule has 5 nitrogen and oxygen atoms in total. The third-order valence-corrected chi connectivity index (χ3v) is 2.56. The van der Waals surface area contributed by atoms with Crippen LogP contribution in [0, 0.1) is 0 Å². The fourth-order valence-electron chi connectivity index (χ4n) is 1.38. The van der Waals surface area contributed by atoms with Crippen LogP contribution in [0.25, 0.3) is 0 Å². The van der Waals surface area contributed by atoms with E-state index < -0.39 is 11.9 Å². The molecule has 0 fully saturated rings. The molecule has 2 N–H and O–H groups in total. The van der Waals surface area contributed by atoms with Gasteiger partial charge in [-0.15, -0.1) is 0 Å². The molecule has 0 spiro atoms. The van der Waals surface area contributed by atoms with Gasteiger partial charge in [0.25, 0.3) is 5.91 Å². The molecule has 1 aromatic heterocycles. The van der Waals surface area contributed by atoms with Gasteiger partial charge in [-0.25, -0.2) is 0 Å². The van der Waals surface area contributed by atoms with Gasteiger partial charge >= 0.3 is 0 Å². The van der Waals surface area contributed by atoms with E-state index in [2.05, 4.69) is 15.6 Å².